The number of hydrogen-bond acceptors (Lipinski definition) is 3. The van der Waals surface area contributed by atoms with Crippen molar-refractivity contribution in [3.63, 3.8) is 0 Å². The molecule has 26 heavy (non-hydrogen) atoms. The quantitative estimate of drug-likeness (QED) is 0.747. The predicted octanol–water partition coefficient (Wildman–Crippen LogP) is 3.74. The number of rotatable bonds is 8. The molecule has 0 saturated carbocycles. The van der Waals surface area contributed by atoms with Crippen molar-refractivity contribution >= 4 is 35.2 Å². The number of likely N-dealkylation sites (N-methyl/N-ethyl adjacent to an activating group) is 1. The van der Waals surface area contributed by atoms with E-state index in [4.69, 9.17) is 11.6 Å². The third kappa shape index (κ3) is 5.78. The molecule has 0 aliphatic heterocycles. The second-order valence-corrected chi connectivity index (χ2v) is 7.27. The lowest BCUT2D eigenvalue weighted by atomic mass is 10.1. The molecule has 0 aliphatic rings. The van der Waals surface area contributed by atoms with Crippen LogP contribution in [-0.2, 0) is 21.9 Å². The van der Waals surface area contributed by atoms with Gasteiger partial charge in [-0.3, -0.25) is 9.59 Å². The lowest BCUT2D eigenvalue weighted by Crippen LogP contribution is -2.47. The summed E-state index contributed by atoms with van der Waals surface area (Å²) in [7, 11) is 1.58. The SMILES string of the molecule is CNC(=O)C(C)N(Cc1ccccc1)C(=O)CSCc1ccccc1Cl. The number of halogens is 1. The maximum Gasteiger partial charge on any atom is 0.242 e. The Morgan fingerprint density at radius 1 is 1.12 bits per heavy atom. The standard InChI is InChI=1S/C20H23ClN2O2S/c1-15(20(25)22-2)23(12-16-8-4-3-5-9-16)19(24)14-26-13-17-10-6-7-11-18(17)21/h3-11,15H,12-14H2,1-2H3,(H,22,25). The largest absolute Gasteiger partial charge is 0.357 e. The fourth-order valence-electron chi connectivity index (χ4n) is 2.52. The van der Waals surface area contributed by atoms with Crippen LogP contribution in [-0.4, -0.2) is 35.6 Å². The van der Waals surface area contributed by atoms with Gasteiger partial charge in [0, 0.05) is 24.4 Å². The summed E-state index contributed by atoms with van der Waals surface area (Å²) < 4.78 is 0. The molecular formula is C20H23ClN2O2S. The van der Waals surface area contributed by atoms with Gasteiger partial charge in [-0.2, -0.15) is 0 Å². The highest BCUT2D eigenvalue weighted by atomic mass is 35.5. The summed E-state index contributed by atoms with van der Waals surface area (Å²) in [5, 5.41) is 3.32. The van der Waals surface area contributed by atoms with E-state index in [1.807, 2.05) is 54.6 Å². The van der Waals surface area contributed by atoms with Crippen molar-refractivity contribution in [1.82, 2.24) is 10.2 Å². The van der Waals surface area contributed by atoms with E-state index in [0.717, 1.165) is 11.1 Å². The summed E-state index contributed by atoms with van der Waals surface area (Å²) in [5.41, 5.74) is 1.99. The van der Waals surface area contributed by atoms with E-state index in [1.54, 1.807) is 18.9 Å². The maximum absolute atomic E-state index is 12.8. The van der Waals surface area contributed by atoms with Crippen LogP contribution in [0.5, 0.6) is 0 Å². The average Bonchev–Trinajstić information content (AvgIpc) is 2.67. The number of hydrogen-bond donors (Lipinski definition) is 1. The van der Waals surface area contributed by atoms with Crippen LogP contribution < -0.4 is 5.32 Å². The molecule has 0 saturated heterocycles. The Morgan fingerprint density at radius 3 is 2.42 bits per heavy atom. The van der Waals surface area contributed by atoms with Crippen molar-refractivity contribution < 1.29 is 9.59 Å². The molecule has 1 N–H and O–H groups in total. The molecule has 1 atom stereocenters. The number of nitrogens with one attached hydrogen (secondary N) is 1. The van der Waals surface area contributed by atoms with E-state index in [2.05, 4.69) is 5.32 Å². The van der Waals surface area contributed by atoms with Gasteiger partial charge in [-0.15, -0.1) is 11.8 Å². The van der Waals surface area contributed by atoms with Crippen molar-refractivity contribution in [2.24, 2.45) is 0 Å². The highest BCUT2D eigenvalue weighted by molar-refractivity contribution is 7.99. The highest BCUT2D eigenvalue weighted by Gasteiger charge is 2.25. The van der Waals surface area contributed by atoms with Crippen LogP contribution >= 0.6 is 23.4 Å². The van der Waals surface area contributed by atoms with Gasteiger partial charge in [-0.1, -0.05) is 60.1 Å². The van der Waals surface area contributed by atoms with E-state index in [9.17, 15) is 9.59 Å². The summed E-state index contributed by atoms with van der Waals surface area (Å²) in [4.78, 5) is 26.5. The zero-order valence-corrected chi connectivity index (χ0v) is 16.5. The lowest BCUT2D eigenvalue weighted by Gasteiger charge is -2.28. The summed E-state index contributed by atoms with van der Waals surface area (Å²) >= 11 is 7.66. The molecule has 0 aromatic heterocycles. The molecule has 2 amide bonds. The third-order valence-corrected chi connectivity index (χ3v) is 5.39. The number of carbonyl (C=O) groups is 2. The van der Waals surface area contributed by atoms with Crippen LogP contribution in [0.2, 0.25) is 5.02 Å². The Kier molecular flexibility index (Phi) is 8.01. The summed E-state index contributed by atoms with van der Waals surface area (Å²) in [6, 6.07) is 16.8. The fraction of sp³-hybridized carbons (Fsp3) is 0.300. The number of benzene rings is 2. The molecule has 1 unspecified atom stereocenters. The molecule has 4 nitrogen and oxygen atoms in total. The molecule has 2 aromatic carbocycles. The first-order valence-electron chi connectivity index (χ1n) is 8.39. The summed E-state index contributed by atoms with van der Waals surface area (Å²) in [5.74, 6) is 0.700. The minimum Gasteiger partial charge on any atom is -0.357 e. The van der Waals surface area contributed by atoms with E-state index >= 15 is 0 Å². The van der Waals surface area contributed by atoms with Gasteiger partial charge in [0.2, 0.25) is 11.8 Å². The smallest absolute Gasteiger partial charge is 0.242 e. The first-order chi connectivity index (χ1) is 12.5. The van der Waals surface area contributed by atoms with Crippen molar-refractivity contribution in [2.45, 2.75) is 25.3 Å². The van der Waals surface area contributed by atoms with E-state index in [0.29, 0.717) is 23.1 Å². The molecule has 2 aromatic rings. The second-order valence-electron chi connectivity index (χ2n) is 5.88. The molecule has 138 valence electrons. The van der Waals surface area contributed by atoms with Crippen molar-refractivity contribution in [3.8, 4) is 0 Å². The first kappa shape index (κ1) is 20.3. The van der Waals surface area contributed by atoms with Crippen LogP contribution in [0.3, 0.4) is 0 Å². The molecule has 0 bridgehead atoms. The third-order valence-electron chi connectivity index (χ3n) is 4.05. The van der Waals surface area contributed by atoms with E-state index in [-0.39, 0.29) is 11.8 Å². The van der Waals surface area contributed by atoms with Crippen molar-refractivity contribution in [1.29, 1.82) is 0 Å². The molecular weight excluding hydrogens is 368 g/mol. The van der Waals surface area contributed by atoms with Gasteiger partial charge >= 0.3 is 0 Å². The summed E-state index contributed by atoms with van der Waals surface area (Å²) in [6.07, 6.45) is 0. The van der Waals surface area contributed by atoms with Crippen LogP contribution in [0.25, 0.3) is 0 Å². The van der Waals surface area contributed by atoms with Crippen molar-refractivity contribution in [2.75, 3.05) is 12.8 Å². The molecule has 0 fully saturated rings. The number of thioether (sulfide) groups is 1. The monoisotopic (exact) mass is 390 g/mol. The zero-order valence-electron chi connectivity index (χ0n) is 14.9. The topological polar surface area (TPSA) is 49.4 Å². The van der Waals surface area contributed by atoms with Crippen LogP contribution in [0.1, 0.15) is 18.1 Å². The lowest BCUT2D eigenvalue weighted by molar-refractivity contribution is -0.138. The zero-order chi connectivity index (χ0) is 18.9. The van der Waals surface area contributed by atoms with Crippen LogP contribution in [0, 0.1) is 0 Å². The van der Waals surface area contributed by atoms with Gasteiger partial charge in [0.05, 0.1) is 5.75 Å². The first-order valence-corrected chi connectivity index (χ1v) is 9.92. The molecule has 0 aliphatic carbocycles. The average molecular weight is 391 g/mol. The van der Waals surface area contributed by atoms with Crippen LogP contribution in [0.15, 0.2) is 54.6 Å². The molecule has 0 radical (unpaired) electrons. The number of nitrogens with zero attached hydrogens (tertiary/aromatic N) is 1. The van der Waals surface area contributed by atoms with E-state index in [1.165, 1.54) is 11.8 Å². The van der Waals surface area contributed by atoms with Gasteiger partial charge in [-0.25, -0.2) is 0 Å². The van der Waals surface area contributed by atoms with Gasteiger partial charge in [0.15, 0.2) is 0 Å². The predicted molar refractivity (Wildman–Crippen MR) is 108 cm³/mol. The minimum absolute atomic E-state index is 0.0676. The van der Waals surface area contributed by atoms with E-state index < -0.39 is 6.04 Å². The minimum atomic E-state index is -0.534. The summed E-state index contributed by atoms with van der Waals surface area (Å²) in [6.45, 7) is 2.15. The number of carbonyl (C=O) groups excluding carboxylic acids is 2. The van der Waals surface area contributed by atoms with Crippen LogP contribution in [0.4, 0.5) is 0 Å². The Balaban J connectivity index is 2.02. The molecule has 6 heteroatoms. The Hall–Kier alpha value is -1.98. The molecule has 0 heterocycles. The van der Waals surface area contributed by atoms with Gasteiger partial charge < -0.3 is 10.2 Å². The van der Waals surface area contributed by atoms with Gasteiger partial charge in [-0.05, 0) is 24.1 Å². The van der Waals surface area contributed by atoms with Crippen molar-refractivity contribution in [3.05, 3.63) is 70.7 Å². The Morgan fingerprint density at radius 2 is 1.77 bits per heavy atom. The fourth-order valence-corrected chi connectivity index (χ4v) is 3.71. The molecule has 2 rings (SSSR count). The Labute approximate surface area is 163 Å². The molecule has 0 spiro atoms. The number of amides is 2. The second kappa shape index (κ2) is 10.2. The maximum atomic E-state index is 12.8. The van der Waals surface area contributed by atoms with Gasteiger partial charge in [0.1, 0.15) is 6.04 Å². The normalized spacial score (nSPS) is 11.7. The highest BCUT2D eigenvalue weighted by Crippen LogP contribution is 2.21. The Bertz CT molecular complexity index is 740. The van der Waals surface area contributed by atoms with Gasteiger partial charge in [0.25, 0.3) is 0 Å².